The third-order valence-corrected chi connectivity index (χ3v) is 4.02. The number of carbonyl (C=O) groups excluding carboxylic acids is 2. The number of benzene rings is 2. The quantitative estimate of drug-likeness (QED) is 0.532. The van der Waals surface area contributed by atoms with Crippen LogP contribution < -0.4 is 15.4 Å². The number of urea groups is 1. The van der Waals surface area contributed by atoms with Gasteiger partial charge in [0, 0.05) is 30.2 Å². The van der Waals surface area contributed by atoms with Gasteiger partial charge in [0.15, 0.2) is 11.6 Å². The molecule has 1 heterocycles. The minimum absolute atomic E-state index is 0.0944. The Bertz CT molecular complexity index is 1190. The molecule has 0 aliphatic rings. The highest BCUT2D eigenvalue weighted by atomic mass is 19.1. The van der Waals surface area contributed by atoms with Crippen LogP contribution in [0.25, 0.3) is 0 Å². The predicted octanol–water partition coefficient (Wildman–Crippen LogP) is 3.39. The van der Waals surface area contributed by atoms with Crippen molar-refractivity contribution >= 4 is 17.6 Å². The molecule has 0 aliphatic carbocycles. The molecule has 0 atom stereocenters. The van der Waals surface area contributed by atoms with Gasteiger partial charge in [0.25, 0.3) is 0 Å². The van der Waals surface area contributed by atoms with Crippen molar-refractivity contribution in [1.82, 2.24) is 10.3 Å². The molecule has 0 bridgehead atoms. The highest BCUT2D eigenvalue weighted by Gasteiger charge is 2.12. The molecule has 9 heteroatoms. The standard InChI is InChI=1S/C23H17F2N3O4/c24-17-5-3-15(4-6-17)12-22(30)28-23(31)27-18-7-8-21(19(25)13-18)32-20-9-10-26-14-16(20)2-1-11-29/h3-10,13-14,29H,11-12H2,(H2,27,28,30,31). The van der Waals surface area contributed by atoms with E-state index < -0.39 is 23.6 Å². The van der Waals surface area contributed by atoms with E-state index in [9.17, 15) is 18.4 Å². The molecule has 0 unspecified atom stereocenters. The van der Waals surface area contributed by atoms with Crippen molar-refractivity contribution in [2.45, 2.75) is 6.42 Å². The number of rotatable bonds is 5. The molecule has 1 aromatic heterocycles. The topological polar surface area (TPSA) is 101 Å². The van der Waals surface area contributed by atoms with Crippen molar-refractivity contribution in [2.75, 3.05) is 11.9 Å². The number of aliphatic hydroxyl groups excluding tert-OH is 1. The van der Waals surface area contributed by atoms with Crippen molar-refractivity contribution in [2.24, 2.45) is 0 Å². The van der Waals surface area contributed by atoms with E-state index in [1.807, 2.05) is 0 Å². The Kier molecular flexibility index (Phi) is 7.46. The van der Waals surface area contributed by atoms with Crippen LogP contribution in [-0.4, -0.2) is 28.6 Å². The van der Waals surface area contributed by atoms with E-state index in [4.69, 9.17) is 9.84 Å². The third kappa shape index (κ3) is 6.35. The zero-order valence-corrected chi connectivity index (χ0v) is 16.6. The second-order valence-corrected chi connectivity index (χ2v) is 6.38. The minimum atomic E-state index is -0.846. The van der Waals surface area contributed by atoms with Gasteiger partial charge < -0.3 is 15.2 Å². The lowest BCUT2D eigenvalue weighted by atomic mass is 10.1. The predicted molar refractivity (Wildman–Crippen MR) is 112 cm³/mol. The van der Waals surface area contributed by atoms with Gasteiger partial charge in [-0.15, -0.1) is 0 Å². The van der Waals surface area contributed by atoms with E-state index in [-0.39, 0.29) is 30.2 Å². The van der Waals surface area contributed by atoms with Crippen LogP contribution >= 0.6 is 0 Å². The number of halogens is 2. The Labute approximate surface area is 182 Å². The highest BCUT2D eigenvalue weighted by Crippen LogP contribution is 2.28. The largest absolute Gasteiger partial charge is 0.453 e. The zero-order chi connectivity index (χ0) is 22.9. The second-order valence-electron chi connectivity index (χ2n) is 6.38. The molecule has 2 aromatic carbocycles. The van der Waals surface area contributed by atoms with Gasteiger partial charge in [-0.1, -0.05) is 24.0 Å². The molecule has 3 rings (SSSR count). The average molecular weight is 437 g/mol. The van der Waals surface area contributed by atoms with Crippen LogP contribution in [-0.2, 0) is 11.2 Å². The molecule has 0 fully saturated rings. The fourth-order valence-corrected chi connectivity index (χ4v) is 2.60. The van der Waals surface area contributed by atoms with Gasteiger partial charge in [0.2, 0.25) is 5.91 Å². The summed E-state index contributed by atoms with van der Waals surface area (Å²) in [5, 5.41) is 13.3. The van der Waals surface area contributed by atoms with Crippen LogP contribution in [0, 0.1) is 23.5 Å². The summed E-state index contributed by atoms with van der Waals surface area (Å²) in [5.41, 5.74) is 0.988. The molecule has 0 radical (unpaired) electrons. The number of hydrogen-bond acceptors (Lipinski definition) is 5. The second kappa shape index (κ2) is 10.7. The van der Waals surface area contributed by atoms with Gasteiger partial charge in [0.1, 0.15) is 18.2 Å². The Morgan fingerprint density at radius 2 is 1.84 bits per heavy atom. The molecule has 7 nitrogen and oxygen atoms in total. The molecule has 3 aromatic rings. The molecule has 162 valence electrons. The molecular formula is C23H17F2N3O4. The van der Waals surface area contributed by atoms with Gasteiger partial charge in [-0.05, 0) is 29.8 Å². The van der Waals surface area contributed by atoms with Crippen molar-refractivity contribution < 1.29 is 28.2 Å². The molecule has 0 spiro atoms. The van der Waals surface area contributed by atoms with Crippen LogP contribution in [0.3, 0.4) is 0 Å². The number of pyridine rings is 1. The number of anilines is 1. The first-order valence-corrected chi connectivity index (χ1v) is 9.31. The van der Waals surface area contributed by atoms with E-state index >= 15 is 0 Å². The molecule has 3 amide bonds. The van der Waals surface area contributed by atoms with Gasteiger partial charge in [-0.25, -0.2) is 13.6 Å². The summed E-state index contributed by atoms with van der Waals surface area (Å²) in [6, 6.07) is 9.66. The lowest BCUT2D eigenvalue weighted by Gasteiger charge is -2.11. The first kappa shape index (κ1) is 22.4. The van der Waals surface area contributed by atoms with E-state index in [1.165, 1.54) is 54.9 Å². The molecule has 0 saturated carbocycles. The van der Waals surface area contributed by atoms with Gasteiger partial charge >= 0.3 is 6.03 Å². The lowest BCUT2D eigenvalue weighted by molar-refractivity contribution is -0.119. The van der Waals surface area contributed by atoms with E-state index in [0.29, 0.717) is 11.1 Å². The van der Waals surface area contributed by atoms with Gasteiger partial charge in [-0.2, -0.15) is 0 Å². The van der Waals surface area contributed by atoms with E-state index in [1.54, 1.807) is 0 Å². The Balaban J connectivity index is 1.61. The van der Waals surface area contributed by atoms with E-state index in [2.05, 4.69) is 27.5 Å². The lowest BCUT2D eigenvalue weighted by Crippen LogP contribution is -2.35. The van der Waals surface area contributed by atoms with Crippen LogP contribution in [0.15, 0.2) is 60.9 Å². The Morgan fingerprint density at radius 3 is 2.56 bits per heavy atom. The smallest absolute Gasteiger partial charge is 0.325 e. The first-order chi connectivity index (χ1) is 15.4. The van der Waals surface area contributed by atoms with Crippen LogP contribution in [0.4, 0.5) is 19.3 Å². The fourth-order valence-electron chi connectivity index (χ4n) is 2.60. The van der Waals surface area contributed by atoms with Crippen LogP contribution in [0.1, 0.15) is 11.1 Å². The number of imide groups is 1. The number of nitrogens with zero attached hydrogens (tertiary/aromatic N) is 1. The Morgan fingerprint density at radius 1 is 1.06 bits per heavy atom. The van der Waals surface area contributed by atoms with Gasteiger partial charge in [-0.3, -0.25) is 15.1 Å². The van der Waals surface area contributed by atoms with E-state index in [0.717, 1.165) is 6.07 Å². The summed E-state index contributed by atoms with van der Waals surface area (Å²) in [6.45, 7) is -0.350. The molecule has 0 aliphatic heterocycles. The number of carbonyl (C=O) groups is 2. The average Bonchev–Trinajstić information content (AvgIpc) is 2.76. The van der Waals surface area contributed by atoms with Crippen LogP contribution in [0.2, 0.25) is 0 Å². The maximum atomic E-state index is 14.5. The summed E-state index contributed by atoms with van der Waals surface area (Å²) in [4.78, 5) is 27.8. The SMILES string of the molecule is O=C(Cc1ccc(F)cc1)NC(=O)Nc1ccc(Oc2ccncc2C#CCO)c(F)c1. The normalized spacial score (nSPS) is 9.97. The van der Waals surface area contributed by atoms with Gasteiger partial charge in [0.05, 0.1) is 12.0 Å². The fraction of sp³-hybridized carbons (Fsp3) is 0.0870. The summed E-state index contributed by atoms with van der Waals surface area (Å²) in [7, 11) is 0. The van der Waals surface area contributed by atoms with Crippen molar-refractivity contribution in [3.63, 3.8) is 0 Å². The highest BCUT2D eigenvalue weighted by molar-refractivity contribution is 6.01. The third-order valence-electron chi connectivity index (χ3n) is 4.02. The summed E-state index contributed by atoms with van der Waals surface area (Å²) in [5.74, 6) is 3.43. The Hall–Kier alpha value is -4.29. The number of aliphatic hydroxyl groups is 1. The summed E-state index contributed by atoms with van der Waals surface area (Å²) < 4.78 is 32.9. The minimum Gasteiger partial charge on any atom is -0.453 e. The number of amides is 3. The summed E-state index contributed by atoms with van der Waals surface area (Å²) in [6.07, 6.45) is 2.74. The van der Waals surface area contributed by atoms with Crippen molar-refractivity contribution in [3.05, 3.63) is 83.7 Å². The molecular weight excluding hydrogens is 420 g/mol. The monoisotopic (exact) mass is 437 g/mol. The van der Waals surface area contributed by atoms with Crippen molar-refractivity contribution in [1.29, 1.82) is 0 Å². The zero-order valence-electron chi connectivity index (χ0n) is 16.6. The number of ether oxygens (including phenoxy) is 1. The number of nitrogens with one attached hydrogen (secondary N) is 2. The molecule has 3 N–H and O–H groups in total. The number of hydrogen-bond donors (Lipinski definition) is 3. The molecule has 0 saturated heterocycles. The molecule has 32 heavy (non-hydrogen) atoms. The number of aromatic nitrogens is 1. The van der Waals surface area contributed by atoms with Crippen LogP contribution in [0.5, 0.6) is 11.5 Å². The maximum Gasteiger partial charge on any atom is 0.325 e. The first-order valence-electron chi connectivity index (χ1n) is 9.31. The summed E-state index contributed by atoms with van der Waals surface area (Å²) >= 11 is 0. The van der Waals surface area contributed by atoms with Crippen molar-refractivity contribution in [3.8, 4) is 23.3 Å². The maximum absolute atomic E-state index is 14.5.